The van der Waals surface area contributed by atoms with Crippen LogP contribution in [-0.2, 0) is 4.74 Å². The van der Waals surface area contributed by atoms with Gasteiger partial charge in [-0.1, -0.05) is 0 Å². The highest BCUT2D eigenvalue weighted by Gasteiger charge is 2.23. The van der Waals surface area contributed by atoms with Gasteiger partial charge >= 0.3 is 11.9 Å². The van der Waals surface area contributed by atoms with Crippen molar-refractivity contribution in [1.82, 2.24) is 0 Å². The molecule has 0 radical (unpaired) electrons. The lowest BCUT2D eigenvalue weighted by atomic mass is 10.1. The first-order valence-electron chi connectivity index (χ1n) is 5.39. The summed E-state index contributed by atoms with van der Waals surface area (Å²) < 4.78 is 10.1. The Labute approximate surface area is 105 Å². The Kier molecular flexibility index (Phi) is 3.96. The summed E-state index contributed by atoms with van der Waals surface area (Å²) >= 11 is 0. The highest BCUT2D eigenvalue weighted by Crippen LogP contribution is 2.20. The van der Waals surface area contributed by atoms with Crippen molar-refractivity contribution in [2.45, 2.75) is 26.4 Å². The summed E-state index contributed by atoms with van der Waals surface area (Å²) in [7, 11) is 1.42. The van der Waals surface area contributed by atoms with Crippen molar-refractivity contribution in [2.75, 3.05) is 7.11 Å². The van der Waals surface area contributed by atoms with E-state index < -0.39 is 17.5 Å². The largest absolute Gasteiger partial charge is 0.497 e. The highest BCUT2D eigenvalue weighted by molar-refractivity contribution is 6.02. The molecule has 1 rings (SSSR count). The Bertz CT molecular complexity index is 471. The smallest absolute Gasteiger partial charge is 0.339 e. The van der Waals surface area contributed by atoms with Crippen molar-refractivity contribution in [1.29, 1.82) is 0 Å². The van der Waals surface area contributed by atoms with Crippen LogP contribution in [0, 0.1) is 0 Å². The Morgan fingerprint density at radius 2 is 1.78 bits per heavy atom. The van der Waals surface area contributed by atoms with Gasteiger partial charge in [-0.05, 0) is 39.0 Å². The zero-order chi connectivity index (χ0) is 13.9. The third-order valence-electron chi connectivity index (χ3n) is 2.08. The Morgan fingerprint density at radius 3 is 2.22 bits per heavy atom. The van der Waals surface area contributed by atoms with Crippen molar-refractivity contribution in [2.24, 2.45) is 0 Å². The number of methoxy groups -OCH3 is 1. The van der Waals surface area contributed by atoms with Crippen LogP contribution in [0.4, 0.5) is 0 Å². The molecule has 0 unspecified atom stereocenters. The molecular formula is C13H16O5. The summed E-state index contributed by atoms with van der Waals surface area (Å²) in [5.41, 5.74) is -0.797. The third-order valence-corrected chi connectivity index (χ3v) is 2.08. The minimum atomic E-state index is -1.20. The lowest BCUT2D eigenvalue weighted by Crippen LogP contribution is -2.25. The molecule has 0 heterocycles. The maximum Gasteiger partial charge on any atom is 0.339 e. The van der Waals surface area contributed by atoms with E-state index in [1.165, 1.54) is 25.3 Å². The molecule has 0 atom stereocenters. The predicted molar refractivity (Wildman–Crippen MR) is 65.1 cm³/mol. The fourth-order valence-electron chi connectivity index (χ4n) is 1.34. The molecule has 0 aliphatic carbocycles. The van der Waals surface area contributed by atoms with Gasteiger partial charge in [0.25, 0.3) is 0 Å². The quantitative estimate of drug-likeness (QED) is 0.836. The van der Waals surface area contributed by atoms with E-state index in [1.54, 1.807) is 20.8 Å². The van der Waals surface area contributed by atoms with E-state index in [-0.39, 0.29) is 11.1 Å². The number of ether oxygens (including phenoxy) is 2. The van der Waals surface area contributed by atoms with E-state index >= 15 is 0 Å². The van der Waals surface area contributed by atoms with Gasteiger partial charge in [-0.15, -0.1) is 0 Å². The molecule has 0 aliphatic heterocycles. The van der Waals surface area contributed by atoms with E-state index in [2.05, 4.69) is 0 Å². The van der Waals surface area contributed by atoms with Gasteiger partial charge in [-0.2, -0.15) is 0 Å². The van der Waals surface area contributed by atoms with Gasteiger partial charge in [-0.3, -0.25) is 0 Å². The van der Waals surface area contributed by atoms with Crippen LogP contribution in [0.2, 0.25) is 0 Å². The van der Waals surface area contributed by atoms with E-state index in [9.17, 15) is 9.59 Å². The minimum absolute atomic E-state index is 0.0122. The Balaban J connectivity index is 3.16. The molecule has 0 aliphatic rings. The Morgan fingerprint density at radius 1 is 1.17 bits per heavy atom. The third kappa shape index (κ3) is 3.48. The highest BCUT2D eigenvalue weighted by atomic mass is 16.6. The van der Waals surface area contributed by atoms with E-state index in [4.69, 9.17) is 14.6 Å². The number of carboxylic acids is 1. The average molecular weight is 252 g/mol. The van der Waals surface area contributed by atoms with Gasteiger partial charge in [0.15, 0.2) is 0 Å². The molecule has 1 N–H and O–H groups in total. The summed E-state index contributed by atoms with van der Waals surface area (Å²) in [4.78, 5) is 23.0. The van der Waals surface area contributed by atoms with Crippen molar-refractivity contribution in [3.05, 3.63) is 29.3 Å². The summed E-state index contributed by atoms with van der Waals surface area (Å²) in [6, 6.07) is 4.20. The Hall–Kier alpha value is -2.04. The van der Waals surface area contributed by atoms with Crippen LogP contribution in [0.1, 0.15) is 41.5 Å². The number of carbonyl (C=O) groups is 2. The topological polar surface area (TPSA) is 72.8 Å². The standard InChI is InChI=1S/C13H16O5/c1-13(2,3)18-12(16)9-6-5-8(17-4)7-10(9)11(14)15/h5-7H,1-4H3,(H,14,15). The monoisotopic (exact) mass is 252 g/mol. The fraction of sp³-hybridized carbons (Fsp3) is 0.385. The second-order valence-electron chi connectivity index (χ2n) is 4.72. The van der Waals surface area contributed by atoms with E-state index in [0.717, 1.165) is 0 Å². The number of aromatic carboxylic acids is 1. The molecule has 0 saturated heterocycles. The van der Waals surface area contributed by atoms with Crippen LogP contribution < -0.4 is 4.74 Å². The molecule has 0 spiro atoms. The van der Waals surface area contributed by atoms with Gasteiger partial charge in [0.05, 0.1) is 18.2 Å². The first kappa shape index (κ1) is 14.0. The molecule has 0 fully saturated rings. The van der Waals surface area contributed by atoms with Crippen LogP contribution >= 0.6 is 0 Å². The lowest BCUT2D eigenvalue weighted by Gasteiger charge is -2.20. The number of rotatable bonds is 3. The number of benzene rings is 1. The SMILES string of the molecule is COc1ccc(C(=O)OC(C)(C)C)c(C(=O)O)c1. The predicted octanol–water partition coefficient (Wildman–Crippen LogP) is 2.35. The number of carboxylic acid groups (broad SMARTS) is 1. The van der Waals surface area contributed by atoms with Crippen molar-refractivity contribution in [3.63, 3.8) is 0 Å². The van der Waals surface area contributed by atoms with Crippen molar-refractivity contribution in [3.8, 4) is 5.75 Å². The van der Waals surface area contributed by atoms with Crippen LogP contribution in [0.3, 0.4) is 0 Å². The summed E-state index contributed by atoms with van der Waals surface area (Å²) in [6.07, 6.45) is 0. The summed E-state index contributed by atoms with van der Waals surface area (Å²) in [5.74, 6) is -1.49. The second kappa shape index (κ2) is 5.08. The summed E-state index contributed by atoms with van der Waals surface area (Å²) in [6.45, 7) is 5.15. The minimum Gasteiger partial charge on any atom is -0.497 e. The van der Waals surface area contributed by atoms with Gasteiger partial charge in [0, 0.05) is 0 Å². The molecule has 0 saturated carbocycles. The summed E-state index contributed by atoms with van der Waals surface area (Å²) in [5, 5.41) is 9.07. The normalized spacial score (nSPS) is 10.9. The first-order valence-corrected chi connectivity index (χ1v) is 5.39. The van der Waals surface area contributed by atoms with Gasteiger partial charge in [0.1, 0.15) is 11.4 Å². The van der Waals surface area contributed by atoms with Crippen LogP contribution in [0.15, 0.2) is 18.2 Å². The lowest BCUT2D eigenvalue weighted by molar-refractivity contribution is 0.00658. The molecule has 98 valence electrons. The molecule has 18 heavy (non-hydrogen) atoms. The number of carbonyl (C=O) groups excluding carboxylic acids is 1. The van der Waals surface area contributed by atoms with Gasteiger partial charge in [0.2, 0.25) is 0 Å². The maximum absolute atomic E-state index is 11.9. The second-order valence-corrected chi connectivity index (χ2v) is 4.72. The molecule has 1 aromatic carbocycles. The van der Waals surface area contributed by atoms with E-state index in [0.29, 0.717) is 5.75 Å². The molecule has 0 amide bonds. The van der Waals surface area contributed by atoms with E-state index in [1.807, 2.05) is 0 Å². The molecule has 0 bridgehead atoms. The molecular weight excluding hydrogens is 236 g/mol. The molecule has 0 aromatic heterocycles. The fourth-order valence-corrected chi connectivity index (χ4v) is 1.34. The van der Waals surface area contributed by atoms with Crippen LogP contribution in [-0.4, -0.2) is 29.8 Å². The van der Waals surface area contributed by atoms with Gasteiger partial charge < -0.3 is 14.6 Å². The molecule has 5 nitrogen and oxygen atoms in total. The first-order chi connectivity index (χ1) is 8.24. The van der Waals surface area contributed by atoms with Crippen molar-refractivity contribution >= 4 is 11.9 Å². The van der Waals surface area contributed by atoms with Gasteiger partial charge in [-0.25, -0.2) is 9.59 Å². The zero-order valence-electron chi connectivity index (χ0n) is 10.8. The van der Waals surface area contributed by atoms with Crippen LogP contribution in [0.5, 0.6) is 5.75 Å². The van der Waals surface area contributed by atoms with Crippen LogP contribution in [0.25, 0.3) is 0 Å². The zero-order valence-corrected chi connectivity index (χ0v) is 10.8. The average Bonchev–Trinajstić information content (AvgIpc) is 2.25. The maximum atomic E-state index is 11.9. The molecule has 5 heteroatoms. The van der Waals surface area contributed by atoms with Crippen molar-refractivity contribution < 1.29 is 24.2 Å². The molecule has 1 aromatic rings. The number of hydrogen-bond donors (Lipinski definition) is 1. The number of esters is 1. The number of hydrogen-bond acceptors (Lipinski definition) is 4.